The van der Waals surface area contributed by atoms with Crippen molar-refractivity contribution in [2.45, 2.75) is 65.0 Å². The molecule has 1 rings (SSSR count). The maximum atomic E-state index is 3.64. The zero-order chi connectivity index (χ0) is 11.3. The minimum absolute atomic E-state index is 0.307. The van der Waals surface area contributed by atoms with Crippen LogP contribution in [0.2, 0.25) is 0 Å². The summed E-state index contributed by atoms with van der Waals surface area (Å²) in [7, 11) is 0. The zero-order valence-electron chi connectivity index (χ0n) is 11.0. The summed E-state index contributed by atoms with van der Waals surface area (Å²) in [6.45, 7) is 12.8. The third kappa shape index (κ3) is 4.12. The van der Waals surface area contributed by atoms with Gasteiger partial charge in [0.1, 0.15) is 0 Å². The van der Waals surface area contributed by atoms with Crippen LogP contribution in [0.25, 0.3) is 0 Å². The van der Waals surface area contributed by atoms with Crippen molar-refractivity contribution in [1.29, 1.82) is 0 Å². The molecule has 1 aliphatic heterocycles. The molecular formula is C13H28N2. The van der Waals surface area contributed by atoms with Crippen LogP contribution < -0.4 is 5.32 Å². The number of likely N-dealkylation sites (tertiary alicyclic amines) is 1. The smallest absolute Gasteiger partial charge is 0.0123 e. The maximum Gasteiger partial charge on any atom is 0.0123 e. The van der Waals surface area contributed by atoms with Crippen molar-refractivity contribution < 1.29 is 0 Å². The lowest BCUT2D eigenvalue weighted by Gasteiger charge is -2.28. The van der Waals surface area contributed by atoms with Gasteiger partial charge in [0.25, 0.3) is 0 Å². The lowest BCUT2D eigenvalue weighted by atomic mass is 10.0. The lowest BCUT2D eigenvalue weighted by Crippen LogP contribution is -2.44. The highest BCUT2D eigenvalue weighted by atomic mass is 15.2. The average molecular weight is 212 g/mol. The molecule has 0 aromatic rings. The fraction of sp³-hybridized carbons (Fsp3) is 1.00. The molecule has 0 bridgehead atoms. The van der Waals surface area contributed by atoms with Crippen molar-refractivity contribution >= 4 is 0 Å². The van der Waals surface area contributed by atoms with Gasteiger partial charge in [-0.2, -0.15) is 0 Å². The quantitative estimate of drug-likeness (QED) is 0.728. The topological polar surface area (TPSA) is 15.3 Å². The van der Waals surface area contributed by atoms with Gasteiger partial charge in [-0.25, -0.2) is 0 Å². The molecule has 0 spiro atoms. The van der Waals surface area contributed by atoms with Gasteiger partial charge in [-0.05, 0) is 46.1 Å². The van der Waals surface area contributed by atoms with Gasteiger partial charge in [-0.1, -0.05) is 13.8 Å². The first-order chi connectivity index (χ1) is 7.09. The van der Waals surface area contributed by atoms with E-state index in [1.165, 1.54) is 38.8 Å². The molecule has 0 aliphatic carbocycles. The summed E-state index contributed by atoms with van der Waals surface area (Å²) in [5, 5.41) is 3.64. The summed E-state index contributed by atoms with van der Waals surface area (Å²) in [6.07, 6.45) is 5.32. The van der Waals surface area contributed by atoms with E-state index >= 15 is 0 Å². The van der Waals surface area contributed by atoms with E-state index in [0.717, 1.165) is 12.6 Å². The van der Waals surface area contributed by atoms with E-state index < -0.39 is 0 Å². The summed E-state index contributed by atoms with van der Waals surface area (Å²) in [5.41, 5.74) is 0.307. The number of nitrogens with zero attached hydrogens (tertiary/aromatic N) is 1. The van der Waals surface area contributed by atoms with E-state index in [-0.39, 0.29) is 0 Å². The molecule has 1 aliphatic rings. The third-order valence-corrected chi connectivity index (χ3v) is 3.86. The molecule has 0 aromatic heterocycles. The molecule has 1 saturated heterocycles. The summed E-state index contributed by atoms with van der Waals surface area (Å²) >= 11 is 0. The van der Waals surface area contributed by atoms with Crippen molar-refractivity contribution in [3.63, 3.8) is 0 Å². The second-order valence-corrected chi connectivity index (χ2v) is 5.40. The van der Waals surface area contributed by atoms with Gasteiger partial charge in [-0.15, -0.1) is 0 Å². The van der Waals surface area contributed by atoms with Crippen LogP contribution in [0.4, 0.5) is 0 Å². The van der Waals surface area contributed by atoms with Crippen LogP contribution in [0.1, 0.15) is 53.4 Å². The lowest BCUT2D eigenvalue weighted by molar-refractivity contribution is 0.235. The van der Waals surface area contributed by atoms with Crippen molar-refractivity contribution in [2.75, 3.05) is 19.6 Å². The second-order valence-electron chi connectivity index (χ2n) is 5.40. The van der Waals surface area contributed by atoms with Crippen molar-refractivity contribution in [2.24, 2.45) is 0 Å². The van der Waals surface area contributed by atoms with E-state index in [0.29, 0.717) is 5.54 Å². The third-order valence-electron chi connectivity index (χ3n) is 3.86. The van der Waals surface area contributed by atoms with Gasteiger partial charge < -0.3 is 5.32 Å². The molecule has 1 N–H and O–H groups in total. The molecule has 0 radical (unpaired) electrons. The second kappa shape index (κ2) is 5.86. The zero-order valence-corrected chi connectivity index (χ0v) is 11.0. The highest BCUT2D eigenvalue weighted by molar-refractivity contribution is 4.80. The largest absolute Gasteiger partial charge is 0.311 e. The molecule has 90 valence electrons. The van der Waals surface area contributed by atoms with Gasteiger partial charge in [0, 0.05) is 24.7 Å². The molecule has 1 fully saturated rings. The first-order valence-electron chi connectivity index (χ1n) is 6.58. The Balaban J connectivity index is 2.19. The van der Waals surface area contributed by atoms with Gasteiger partial charge in [0.05, 0.1) is 0 Å². The Hall–Kier alpha value is -0.0800. The molecule has 15 heavy (non-hydrogen) atoms. The Bertz CT molecular complexity index is 177. The highest BCUT2D eigenvalue weighted by Crippen LogP contribution is 2.18. The van der Waals surface area contributed by atoms with Crippen LogP contribution >= 0.6 is 0 Å². The normalized spacial score (nSPS) is 23.6. The van der Waals surface area contributed by atoms with E-state index in [4.69, 9.17) is 0 Å². The highest BCUT2D eigenvalue weighted by Gasteiger charge is 2.22. The molecule has 1 atom stereocenters. The minimum atomic E-state index is 0.307. The van der Waals surface area contributed by atoms with Crippen LogP contribution in [0.5, 0.6) is 0 Å². The monoisotopic (exact) mass is 212 g/mol. The van der Waals surface area contributed by atoms with E-state index in [9.17, 15) is 0 Å². The van der Waals surface area contributed by atoms with Crippen molar-refractivity contribution in [3.8, 4) is 0 Å². The van der Waals surface area contributed by atoms with Crippen LogP contribution in [0, 0.1) is 0 Å². The predicted octanol–water partition coefficient (Wildman–Crippen LogP) is 2.64. The minimum Gasteiger partial charge on any atom is -0.311 e. The Morgan fingerprint density at radius 1 is 1.33 bits per heavy atom. The summed E-state index contributed by atoms with van der Waals surface area (Å²) in [5.74, 6) is 0. The Labute approximate surface area is 95.4 Å². The van der Waals surface area contributed by atoms with E-state index in [1.807, 2.05) is 0 Å². The fourth-order valence-electron chi connectivity index (χ4n) is 2.31. The molecule has 1 heterocycles. The fourth-order valence-corrected chi connectivity index (χ4v) is 2.31. The molecule has 2 nitrogen and oxygen atoms in total. The van der Waals surface area contributed by atoms with Gasteiger partial charge in [-0.3, -0.25) is 4.90 Å². The molecule has 2 heteroatoms. The van der Waals surface area contributed by atoms with Crippen LogP contribution in [-0.4, -0.2) is 36.1 Å². The van der Waals surface area contributed by atoms with Crippen LogP contribution in [-0.2, 0) is 0 Å². The molecule has 0 saturated carbocycles. The summed E-state index contributed by atoms with van der Waals surface area (Å²) in [4.78, 5) is 2.65. The standard InChI is InChI=1S/C13H28N2/c1-5-12-8-7-10-15(12)11-9-14-13(3,4)6-2/h12,14H,5-11H2,1-4H3. The summed E-state index contributed by atoms with van der Waals surface area (Å²) in [6, 6.07) is 0.858. The van der Waals surface area contributed by atoms with Crippen LogP contribution in [0.3, 0.4) is 0 Å². The molecule has 1 unspecified atom stereocenters. The van der Waals surface area contributed by atoms with E-state index in [2.05, 4.69) is 37.9 Å². The maximum absolute atomic E-state index is 3.64. The Morgan fingerprint density at radius 3 is 2.67 bits per heavy atom. The van der Waals surface area contributed by atoms with Gasteiger partial charge in [0.2, 0.25) is 0 Å². The predicted molar refractivity (Wildman–Crippen MR) is 67.3 cm³/mol. The first kappa shape index (κ1) is 13.0. The average Bonchev–Trinajstić information content (AvgIpc) is 2.65. The van der Waals surface area contributed by atoms with Crippen molar-refractivity contribution in [1.82, 2.24) is 10.2 Å². The van der Waals surface area contributed by atoms with Crippen LogP contribution in [0.15, 0.2) is 0 Å². The van der Waals surface area contributed by atoms with E-state index in [1.54, 1.807) is 0 Å². The Morgan fingerprint density at radius 2 is 2.07 bits per heavy atom. The number of hydrogen-bond acceptors (Lipinski definition) is 2. The SMILES string of the molecule is CCC1CCCN1CCNC(C)(C)CC. The Kier molecular flexibility index (Phi) is 5.07. The first-order valence-corrected chi connectivity index (χ1v) is 6.58. The molecule has 0 aromatic carbocycles. The molecular weight excluding hydrogens is 184 g/mol. The number of rotatable bonds is 6. The summed E-state index contributed by atoms with van der Waals surface area (Å²) < 4.78 is 0. The van der Waals surface area contributed by atoms with Gasteiger partial charge in [0.15, 0.2) is 0 Å². The molecule has 0 amide bonds. The number of nitrogens with one attached hydrogen (secondary N) is 1. The van der Waals surface area contributed by atoms with Crippen molar-refractivity contribution in [3.05, 3.63) is 0 Å². The number of hydrogen-bond donors (Lipinski definition) is 1. The van der Waals surface area contributed by atoms with Gasteiger partial charge >= 0.3 is 0 Å².